The summed E-state index contributed by atoms with van der Waals surface area (Å²) in [6.07, 6.45) is -3.44. The number of ether oxygens (including phenoxy) is 1. The third kappa shape index (κ3) is 7.65. The first-order valence-electron chi connectivity index (χ1n) is 12.4. The van der Waals surface area contributed by atoms with E-state index in [1.54, 1.807) is 13.8 Å². The van der Waals surface area contributed by atoms with Crippen LogP contribution in [0.1, 0.15) is 25.1 Å². The van der Waals surface area contributed by atoms with Crippen molar-refractivity contribution in [3.63, 3.8) is 0 Å². The molecule has 2 heterocycles. The number of benzene rings is 2. The van der Waals surface area contributed by atoms with Crippen molar-refractivity contribution >= 4 is 26.9 Å². The Labute approximate surface area is 233 Å². The van der Waals surface area contributed by atoms with Gasteiger partial charge in [0.15, 0.2) is 0 Å². The third-order valence-electron chi connectivity index (χ3n) is 5.86. The summed E-state index contributed by atoms with van der Waals surface area (Å²) in [4.78, 5) is 21.0. The third-order valence-corrected chi connectivity index (χ3v) is 7.56. The van der Waals surface area contributed by atoms with E-state index < -0.39 is 45.1 Å². The molecule has 0 aliphatic carbocycles. The standard InChI is InChI=1S/C27H26F4N4O5S/c1-17(2)39-10-9-35(41(37,38)26-12-19-11-21(28)7-8-24(19)40-26)15-25(36)32-14-22-13-23(34-16-33-22)18-3-5-20(6-4-18)27(29,30)31/h3-8,11-13,16-17H,9-10,14-15H2,1-2H3,(H,32,36). The van der Waals surface area contributed by atoms with E-state index in [1.165, 1.54) is 36.7 Å². The largest absolute Gasteiger partial charge is 0.443 e. The molecule has 0 radical (unpaired) electrons. The van der Waals surface area contributed by atoms with Crippen LogP contribution in [0.2, 0.25) is 0 Å². The minimum Gasteiger partial charge on any atom is -0.443 e. The molecule has 41 heavy (non-hydrogen) atoms. The van der Waals surface area contributed by atoms with Gasteiger partial charge in [0.1, 0.15) is 17.7 Å². The van der Waals surface area contributed by atoms with Crippen LogP contribution < -0.4 is 5.32 Å². The summed E-state index contributed by atoms with van der Waals surface area (Å²) < 4.78 is 90.7. The fourth-order valence-electron chi connectivity index (χ4n) is 3.81. The lowest BCUT2D eigenvalue weighted by molar-refractivity contribution is -0.137. The number of aromatic nitrogens is 2. The second-order valence-electron chi connectivity index (χ2n) is 9.25. The van der Waals surface area contributed by atoms with E-state index >= 15 is 0 Å². The van der Waals surface area contributed by atoms with Gasteiger partial charge >= 0.3 is 6.18 Å². The molecule has 0 bridgehead atoms. The number of sulfonamides is 1. The van der Waals surface area contributed by atoms with Crippen molar-refractivity contribution < 1.29 is 39.9 Å². The van der Waals surface area contributed by atoms with E-state index in [-0.39, 0.29) is 36.8 Å². The molecule has 9 nitrogen and oxygen atoms in total. The zero-order valence-corrected chi connectivity index (χ0v) is 22.8. The van der Waals surface area contributed by atoms with Crippen LogP contribution in [0.4, 0.5) is 17.6 Å². The van der Waals surface area contributed by atoms with E-state index in [2.05, 4.69) is 15.3 Å². The first-order chi connectivity index (χ1) is 19.3. The van der Waals surface area contributed by atoms with Crippen molar-refractivity contribution in [1.29, 1.82) is 0 Å². The van der Waals surface area contributed by atoms with E-state index in [1.807, 2.05) is 0 Å². The lowest BCUT2D eigenvalue weighted by Crippen LogP contribution is -2.42. The van der Waals surface area contributed by atoms with Crippen molar-refractivity contribution in [2.45, 2.75) is 37.8 Å². The molecule has 0 atom stereocenters. The predicted octanol–water partition coefficient (Wildman–Crippen LogP) is 4.78. The Morgan fingerprint density at radius 2 is 1.80 bits per heavy atom. The van der Waals surface area contributed by atoms with Gasteiger partial charge in [0.05, 0.1) is 42.8 Å². The van der Waals surface area contributed by atoms with Crippen LogP contribution in [0.5, 0.6) is 0 Å². The quantitative estimate of drug-likeness (QED) is 0.249. The van der Waals surface area contributed by atoms with Crippen LogP contribution in [0.3, 0.4) is 0 Å². The number of amides is 1. The smallest absolute Gasteiger partial charge is 0.416 e. The molecule has 4 rings (SSSR count). The average Bonchev–Trinajstić information content (AvgIpc) is 3.35. The first-order valence-corrected chi connectivity index (χ1v) is 13.8. The summed E-state index contributed by atoms with van der Waals surface area (Å²) in [7, 11) is -4.31. The minimum absolute atomic E-state index is 0.00142. The maximum Gasteiger partial charge on any atom is 0.416 e. The highest BCUT2D eigenvalue weighted by Gasteiger charge is 2.31. The SMILES string of the molecule is CC(C)OCCN(CC(=O)NCc1cc(-c2ccc(C(F)(F)F)cc2)ncn1)S(=O)(=O)c1cc2cc(F)ccc2o1. The van der Waals surface area contributed by atoms with Crippen LogP contribution in [0, 0.1) is 5.82 Å². The first kappa shape index (κ1) is 30.1. The molecular formula is C27H26F4N4O5S. The molecule has 0 aliphatic heterocycles. The molecule has 0 unspecified atom stereocenters. The van der Waals surface area contributed by atoms with E-state index in [9.17, 15) is 30.8 Å². The molecule has 14 heteroatoms. The number of alkyl halides is 3. The molecule has 2 aromatic heterocycles. The summed E-state index contributed by atoms with van der Waals surface area (Å²) in [5.41, 5.74) is 0.479. The number of carbonyl (C=O) groups is 1. The van der Waals surface area contributed by atoms with E-state index in [4.69, 9.17) is 9.15 Å². The number of hydrogen-bond acceptors (Lipinski definition) is 7. The zero-order valence-electron chi connectivity index (χ0n) is 22.0. The van der Waals surface area contributed by atoms with Crippen LogP contribution in [0.25, 0.3) is 22.2 Å². The number of fused-ring (bicyclic) bond motifs is 1. The maximum atomic E-state index is 13.6. The van der Waals surface area contributed by atoms with Gasteiger partial charge < -0.3 is 14.5 Å². The molecule has 1 N–H and O–H groups in total. The highest BCUT2D eigenvalue weighted by molar-refractivity contribution is 7.89. The van der Waals surface area contributed by atoms with Gasteiger partial charge in [-0.15, -0.1) is 0 Å². The second-order valence-corrected chi connectivity index (χ2v) is 11.1. The Morgan fingerprint density at radius 1 is 1.07 bits per heavy atom. The summed E-state index contributed by atoms with van der Waals surface area (Å²) in [5.74, 6) is -1.22. The highest BCUT2D eigenvalue weighted by atomic mass is 32.2. The predicted molar refractivity (Wildman–Crippen MR) is 140 cm³/mol. The second kappa shape index (κ2) is 12.3. The molecule has 0 fully saturated rings. The highest BCUT2D eigenvalue weighted by Crippen LogP contribution is 2.30. The zero-order chi connectivity index (χ0) is 29.8. The molecule has 2 aromatic carbocycles. The van der Waals surface area contributed by atoms with Crippen LogP contribution >= 0.6 is 0 Å². The normalized spacial score (nSPS) is 12.4. The average molecular weight is 595 g/mol. The Hall–Kier alpha value is -3.88. The molecule has 0 aliphatic rings. The Bertz CT molecular complexity index is 1620. The van der Waals surface area contributed by atoms with Gasteiger partial charge in [-0.25, -0.2) is 22.8 Å². The number of hydrogen-bond donors (Lipinski definition) is 1. The van der Waals surface area contributed by atoms with Gasteiger partial charge in [0, 0.05) is 23.6 Å². The van der Waals surface area contributed by atoms with Crippen molar-refractivity contribution in [2.75, 3.05) is 19.7 Å². The number of halogens is 4. The molecule has 4 aromatic rings. The number of carbonyl (C=O) groups excluding carboxylic acids is 1. The summed E-state index contributed by atoms with van der Waals surface area (Å²) in [6.45, 7) is 2.72. The van der Waals surface area contributed by atoms with Gasteiger partial charge in [-0.2, -0.15) is 17.5 Å². The Balaban J connectivity index is 1.46. The van der Waals surface area contributed by atoms with Crippen molar-refractivity contribution in [3.05, 3.63) is 78.0 Å². The molecule has 0 saturated carbocycles. The van der Waals surface area contributed by atoms with Crippen molar-refractivity contribution in [1.82, 2.24) is 19.6 Å². The monoisotopic (exact) mass is 594 g/mol. The summed E-state index contributed by atoms with van der Waals surface area (Å²) >= 11 is 0. The molecule has 218 valence electrons. The van der Waals surface area contributed by atoms with Crippen LogP contribution in [0.15, 0.2) is 70.4 Å². The van der Waals surface area contributed by atoms with E-state index in [0.29, 0.717) is 17.0 Å². The molecular weight excluding hydrogens is 568 g/mol. The number of furan rings is 1. The van der Waals surface area contributed by atoms with Crippen molar-refractivity contribution in [3.8, 4) is 11.3 Å². The van der Waals surface area contributed by atoms with Crippen molar-refractivity contribution in [2.24, 2.45) is 0 Å². The summed E-state index contributed by atoms with van der Waals surface area (Å²) in [6, 6.07) is 10.7. The Morgan fingerprint density at radius 3 is 2.49 bits per heavy atom. The number of nitrogens with zero attached hydrogens (tertiary/aromatic N) is 3. The lowest BCUT2D eigenvalue weighted by atomic mass is 10.1. The van der Waals surface area contributed by atoms with E-state index in [0.717, 1.165) is 28.6 Å². The topological polar surface area (TPSA) is 115 Å². The molecule has 0 saturated heterocycles. The van der Waals surface area contributed by atoms with Crippen LogP contribution in [-0.4, -0.2) is 54.4 Å². The van der Waals surface area contributed by atoms with Crippen LogP contribution in [-0.2, 0) is 32.3 Å². The lowest BCUT2D eigenvalue weighted by Gasteiger charge is -2.21. The maximum absolute atomic E-state index is 13.6. The minimum atomic E-state index is -4.47. The van der Waals surface area contributed by atoms with Gasteiger partial charge in [0.2, 0.25) is 11.0 Å². The molecule has 0 spiro atoms. The van der Waals surface area contributed by atoms with Gasteiger partial charge in [-0.1, -0.05) is 12.1 Å². The van der Waals surface area contributed by atoms with Gasteiger partial charge in [-0.05, 0) is 50.2 Å². The number of rotatable bonds is 11. The fraction of sp³-hybridized carbons (Fsp3) is 0.296. The Kier molecular flexibility index (Phi) is 9.05. The van der Waals surface area contributed by atoms with Gasteiger partial charge in [0.25, 0.3) is 10.0 Å². The summed E-state index contributed by atoms with van der Waals surface area (Å²) in [5, 5.41) is 2.39. The number of nitrogens with one attached hydrogen (secondary N) is 1. The van der Waals surface area contributed by atoms with Gasteiger partial charge in [-0.3, -0.25) is 4.79 Å². The fourth-order valence-corrected chi connectivity index (χ4v) is 5.13. The molecule has 1 amide bonds.